The molecule has 5 nitrogen and oxygen atoms in total. The van der Waals surface area contributed by atoms with Crippen LogP contribution in [0.4, 0.5) is 5.69 Å². The first kappa shape index (κ1) is 15.1. The van der Waals surface area contributed by atoms with E-state index in [0.717, 1.165) is 16.8 Å². The van der Waals surface area contributed by atoms with Crippen LogP contribution in [0.25, 0.3) is 11.1 Å². The molecule has 0 fully saturated rings. The Bertz CT molecular complexity index is 808. The third kappa shape index (κ3) is 3.90. The molecule has 1 aromatic heterocycles. The summed E-state index contributed by atoms with van der Waals surface area (Å²) in [7, 11) is 0. The number of oxazole rings is 1. The van der Waals surface area contributed by atoms with Crippen molar-refractivity contribution in [1.82, 2.24) is 4.98 Å². The van der Waals surface area contributed by atoms with Crippen molar-refractivity contribution in [3.05, 3.63) is 77.1 Å². The van der Waals surface area contributed by atoms with Gasteiger partial charge in [-0.1, -0.05) is 48.5 Å². The average Bonchev–Trinajstić information content (AvgIpc) is 2.99. The lowest BCUT2D eigenvalue weighted by molar-refractivity contribution is 0.179. The summed E-state index contributed by atoms with van der Waals surface area (Å²) >= 11 is 0. The number of aliphatic hydroxyl groups is 1. The van der Waals surface area contributed by atoms with E-state index in [0.29, 0.717) is 12.3 Å². The van der Waals surface area contributed by atoms with E-state index < -0.39 is 11.9 Å². The molecule has 0 bridgehead atoms. The van der Waals surface area contributed by atoms with Gasteiger partial charge in [0.15, 0.2) is 0 Å². The first-order chi connectivity index (χ1) is 11.2. The van der Waals surface area contributed by atoms with Crippen LogP contribution in [0.15, 0.2) is 70.0 Å². The van der Waals surface area contributed by atoms with Crippen molar-refractivity contribution in [2.75, 3.05) is 11.9 Å². The number of benzene rings is 2. The van der Waals surface area contributed by atoms with E-state index in [1.807, 2.05) is 54.6 Å². The Morgan fingerprint density at radius 3 is 2.57 bits per heavy atom. The Hall–Kier alpha value is -2.79. The molecule has 3 N–H and O–H groups in total. The van der Waals surface area contributed by atoms with Crippen LogP contribution in [0.3, 0.4) is 0 Å². The molecule has 118 valence electrons. The molecule has 5 heteroatoms. The summed E-state index contributed by atoms with van der Waals surface area (Å²) in [5, 5.41) is 13.4. The molecule has 0 saturated heterocycles. The van der Waals surface area contributed by atoms with Crippen molar-refractivity contribution in [1.29, 1.82) is 0 Å². The first-order valence-corrected chi connectivity index (χ1v) is 7.46. The van der Waals surface area contributed by atoms with E-state index in [4.69, 9.17) is 4.42 Å². The van der Waals surface area contributed by atoms with Gasteiger partial charge in [-0.25, -0.2) is 4.79 Å². The third-order valence-corrected chi connectivity index (χ3v) is 3.55. The molecule has 3 aromatic rings. The van der Waals surface area contributed by atoms with Gasteiger partial charge in [0.1, 0.15) is 5.76 Å². The number of aliphatic hydroxyl groups excluding tert-OH is 1. The Balaban J connectivity index is 1.67. The van der Waals surface area contributed by atoms with Crippen molar-refractivity contribution in [3.63, 3.8) is 0 Å². The monoisotopic (exact) mass is 310 g/mol. The summed E-state index contributed by atoms with van der Waals surface area (Å²) in [5.41, 5.74) is 3.14. The molecule has 23 heavy (non-hydrogen) atoms. The van der Waals surface area contributed by atoms with Gasteiger partial charge in [-0.15, -0.1) is 0 Å². The molecule has 0 amide bonds. The lowest BCUT2D eigenvalue weighted by Gasteiger charge is -2.15. The quantitative estimate of drug-likeness (QED) is 0.654. The van der Waals surface area contributed by atoms with Crippen LogP contribution in [0.5, 0.6) is 0 Å². The Kier molecular flexibility index (Phi) is 4.59. The van der Waals surface area contributed by atoms with Crippen molar-refractivity contribution in [2.24, 2.45) is 0 Å². The fourth-order valence-electron chi connectivity index (χ4n) is 2.46. The summed E-state index contributed by atoms with van der Waals surface area (Å²) in [4.78, 5) is 13.4. The standard InChI is InChI=1S/C18H18N2O3/c21-14(10-15-12-20-18(22)23-15)11-19-17-9-5-4-8-16(17)13-6-2-1-3-7-13/h1-9,12,14,19,21H,10-11H2,(H,20,22). The minimum atomic E-state index is -0.655. The van der Waals surface area contributed by atoms with Gasteiger partial charge in [0, 0.05) is 30.4 Å². The van der Waals surface area contributed by atoms with Crippen molar-refractivity contribution < 1.29 is 9.52 Å². The highest BCUT2D eigenvalue weighted by atomic mass is 16.4. The molecule has 2 aromatic carbocycles. The summed E-state index contributed by atoms with van der Waals surface area (Å²) < 4.78 is 4.90. The molecule has 0 spiro atoms. The zero-order valence-corrected chi connectivity index (χ0v) is 12.5. The number of hydrogen-bond donors (Lipinski definition) is 3. The second-order valence-corrected chi connectivity index (χ2v) is 5.29. The minimum Gasteiger partial charge on any atom is -0.413 e. The van der Waals surface area contributed by atoms with E-state index in [-0.39, 0.29) is 6.42 Å². The van der Waals surface area contributed by atoms with Crippen LogP contribution < -0.4 is 11.1 Å². The van der Waals surface area contributed by atoms with Crippen molar-refractivity contribution in [2.45, 2.75) is 12.5 Å². The largest absolute Gasteiger partial charge is 0.416 e. The van der Waals surface area contributed by atoms with Gasteiger partial charge in [-0.05, 0) is 11.6 Å². The van der Waals surface area contributed by atoms with Crippen LogP contribution in [-0.2, 0) is 6.42 Å². The van der Waals surface area contributed by atoms with Gasteiger partial charge in [0.2, 0.25) is 0 Å². The zero-order chi connectivity index (χ0) is 16.1. The number of nitrogens with one attached hydrogen (secondary N) is 2. The van der Waals surface area contributed by atoms with E-state index in [1.165, 1.54) is 6.20 Å². The SMILES string of the molecule is O=c1[nH]cc(CC(O)CNc2ccccc2-c2ccccc2)o1. The number of aromatic amines is 1. The minimum absolute atomic E-state index is 0.277. The van der Waals surface area contributed by atoms with Crippen LogP contribution >= 0.6 is 0 Å². The highest BCUT2D eigenvalue weighted by molar-refractivity contribution is 5.77. The fraction of sp³-hybridized carbons (Fsp3) is 0.167. The lowest BCUT2D eigenvalue weighted by Crippen LogP contribution is -2.22. The summed E-state index contributed by atoms with van der Waals surface area (Å²) in [6.07, 6.45) is 1.10. The normalized spacial score (nSPS) is 12.0. The maximum absolute atomic E-state index is 10.9. The highest BCUT2D eigenvalue weighted by Crippen LogP contribution is 2.27. The Morgan fingerprint density at radius 2 is 1.83 bits per heavy atom. The molecular weight excluding hydrogens is 292 g/mol. The number of H-pyrrole nitrogens is 1. The van der Waals surface area contributed by atoms with Gasteiger partial charge < -0.3 is 14.8 Å². The molecule has 0 aliphatic rings. The van der Waals surface area contributed by atoms with Crippen LogP contribution in [0.2, 0.25) is 0 Å². The Morgan fingerprint density at radius 1 is 1.09 bits per heavy atom. The lowest BCUT2D eigenvalue weighted by atomic mass is 10.0. The number of hydrogen-bond acceptors (Lipinski definition) is 4. The first-order valence-electron chi connectivity index (χ1n) is 7.46. The molecule has 1 unspecified atom stereocenters. The number of rotatable bonds is 6. The average molecular weight is 310 g/mol. The van der Waals surface area contributed by atoms with Gasteiger partial charge in [-0.2, -0.15) is 0 Å². The van der Waals surface area contributed by atoms with Crippen LogP contribution in [0.1, 0.15) is 5.76 Å². The zero-order valence-electron chi connectivity index (χ0n) is 12.5. The predicted molar refractivity (Wildman–Crippen MR) is 89.4 cm³/mol. The van der Waals surface area contributed by atoms with Gasteiger partial charge >= 0.3 is 5.76 Å². The Labute approximate surface area is 133 Å². The fourth-order valence-corrected chi connectivity index (χ4v) is 2.46. The van der Waals surface area contributed by atoms with E-state index in [2.05, 4.69) is 10.3 Å². The molecule has 3 rings (SSSR count). The summed E-state index contributed by atoms with van der Waals surface area (Å²) in [6, 6.07) is 18.0. The third-order valence-electron chi connectivity index (χ3n) is 3.55. The van der Waals surface area contributed by atoms with Crippen molar-refractivity contribution >= 4 is 5.69 Å². The van der Waals surface area contributed by atoms with Crippen LogP contribution in [0, 0.1) is 0 Å². The molecule has 0 saturated carbocycles. The predicted octanol–water partition coefficient (Wildman–Crippen LogP) is 2.65. The van der Waals surface area contributed by atoms with Gasteiger partial charge in [-0.3, -0.25) is 4.98 Å². The summed E-state index contributed by atoms with van der Waals surface area (Å²) in [5.74, 6) is -0.0600. The number of anilines is 1. The van der Waals surface area contributed by atoms with Gasteiger partial charge in [0.25, 0.3) is 0 Å². The number of aromatic nitrogens is 1. The molecule has 0 radical (unpaired) electrons. The van der Waals surface area contributed by atoms with Gasteiger partial charge in [0.05, 0.1) is 6.10 Å². The van der Waals surface area contributed by atoms with E-state index in [1.54, 1.807) is 0 Å². The molecule has 0 aliphatic carbocycles. The van der Waals surface area contributed by atoms with E-state index >= 15 is 0 Å². The van der Waals surface area contributed by atoms with Crippen LogP contribution in [-0.4, -0.2) is 22.7 Å². The second kappa shape index (κ2) is 6.98. The molecule has 0 aliphatic heterocycles. The highest BCUT2D eigenvalue weighted by Gasteiger charge is 2.10. The smallest absolute Gasteiger partial charge is 0.413 e. The molecule has 1 atom stereocenters. The van der Waals surface area contributed by atoms with Crippen molar-refractivity contribution in [3.8, 4) is 11.1 Å². The maximum Gasteiger partial charge on any atom is 0.416 e. The second-order valence-electron chi connectivity index (χ2n) is 5.29. The van der Waals surface area contributed by atoms with E-state index in [9.17, 15) is 9.90 Å². The maximum atomic E-state index is 10.9. The molecular formula is C18H18N2O3. The topological polar surface area (TPSA) is 78.3 Å². The molecule has 1 heterocycles. The summed E-state index contributed by atoms with van der Waals surface area (Å²) in [6.45, 7) is 0.360. The number of para-hydroxylation sites is 1.